The van der Waals surface area contributed by atoms with Crippen LogP contribution < -0.4 is 10.6 Å². The first-order chi connectivity index (χ1) is 15.3. The summed E-state index contributed by atoms with van der Waals surface area (Å²) in [6.07, 6.45) is -0.316. The largest absolute Gasteiger partial charge is 0.467 e. The highest BCUT2D eigenvalue weighted by molar-refractivity contribution is 5.90. The van der Waals surface area contributed by atoms with Gasteiger partial charge in [0.2, 0.25) is 5.54 Å². The highest BCUT2D eigenvalue weighted by Gasteiger charge is 2.68. The maximum Gasteiger partial charge on any atom is 0.339 e. The Hall–Kier alpha value is -2.90. The standard InChI is InChI=1S/C25H35N3O5/c1-15(2)13-20(33-17(4)29)25(23(31)32-8)14-27(25)28-21(16(3)24(5,6)7)26-19-12-10-9-11-18(19)22(28)30/h9-12,15-16,20H,13-14H2,1-8H3/t16?,20-,25+,27?/m1/s1. The van der Waals surface area contributed by atoms with Gasteiger partial charge in [-0.1, -0.05) is 53.7 Å². The van der Waals surface area contributed by atoms with E-state index in [1.54, 1.807) is 17.1 Å². The van der Waals surface area contributed by atoms with Gasteiger partial charge in [-0.25, -0.2) is 14.5 Å². The normalized spacial score (nSPS) is 20.0. The fourth-order valence-corrected chi connectivity index (χ4v) is 4.20. The molecule has 0 aliphatic carbocycles. The maximum absolute atomic E-state index is 13.7. The quantitative estimate of drug-likeness (QED) is 0.465. The molecule has 2 heterocycles. The van der Waals surface area contributed by atoms with Gasteiger partial charge in [0, 0.05) is 12.8 Å². The Morgan fingerprint density at radius 3 is 2.36 bits per heavy atom. The van der Waals surface area contributed by atoms with Crippen molar-refractivity contribution in [1.29, 1.82) is 0 Å². The minimum atomic E-state index is -1.29. The summed E-state index contributed by atoms with van der Waals surface area (Å²) in [5.74, 6) is -0.421. The third-order valence-corrected chi connectivity index (χ3v) is 6.52. The molecule has 8 heteroatoms. The van der Waals surface area contributed by atoms with Gasteiger partial charge in [0.15, 0.2) is 0 Å². The zero-order chi connectivity index (χ0) is 24.7. The Morgan fingerprint density at radius 2 is 1.82 bits per heavy atom. The number of ether oxygens (including phenoxy) is 2. The Morgan fingerprint density at radius 1 is 1.18 bits per heavy atom. The van der Waals surface area contributed by atoms with E-state index in [1.165, 1.54) is 18.7 Å². The van der Waals surface area contributed by atoms with Crippen molar-refractivity contribution >= 4 is 22.8 Å². The number of nitrogens with zero attached hydrogens (tertiary/aromatic N) is 3. The fourth-order valence-electron chi connectivity index (χ4n) is 4.20. The number of hydrogen-bond donors (Lipinski definition) is 0. The highest BCUT2D eigenvalue weighted by atomic mass is 16.6. The number of carbonyl (C=O) groups is 2. The van der Waals surface area contributed by atoms with Crippen molar-refractivity contribution < 1.29 is 19.1 Å². The van der Waals surface area contributed by atoms with Gasteiger partial charge in [-0.15, -0.1) is 0 Å². The molecule has 0 spiro atoms. The topological polar surface area (TPSA) is 90.5 Å². The van der Waals surface area contributed by atoms with Crippen molar-refractivity contribution in [3.8, 4) is 0 Å². The van der Waals surface area contributed by atoms with E-state index < -0.39 is 23.6 Å². The Balaban J connectivity index is 2.26. The molecule has 1 fully saturated rings. The molecular weight excluding hydrogens is 422 g/mol. The number of benzene rings is 1. The van der Waals surface area contributed by atoms with Crippen LogP contribution >= 0.6 is 0 Å². The van der Waals surface area contributed by atoms with Crippen molar-refractivity contribution in [2.24, 2.45) is 11.3 Å². The lowest BCUT2D eigenvalue weighted by Crippen LogP contribution is -2.50. The molecule has 1 aliphatic rings. The molecule has 0 amide bonds. The number of carbonyl (C=O) groups excluding carboxylic acids is 2. The molecule has 1 aromatic heterocycles. The fraction of sp³-hybridized carbons (Fsp3) is 0.600. The maximum atomic E-state index is 13.7. The van der Waals surface area contributed by atoms with Crippen LogP contribution in [0.25, 0.3) is 10.9 Å². The Labute approximate surface area is 194 Å². The summed E-state index contributed by atoms with van der Waals surface area (Å²) in [5.41, 5.74) is -1.14. The summed E-state index contributed by atoms with van der Waals surface area (Å²) in [7, 11) is 1.31. The molecular formula is C25H35N3O5. The first-order valence-corrected chi connectivity index (χ1v) is 11.4. The summed E-state index contributed by atoms with van der Waals surface area (Å²) >= 11 is 0. The third kappa shape index (κ3) is 4.48. The molecule has 8 nitrogen and oxygen atoms in total. The van der Waals surface area contributed by atoms with Gasteiger partial charge in [-0.3, -0.25) is 14.6 Å². The van der Waals surface area contributed by atoms with Gasteiger partial charge in [-0.2, -0.15) is 0 Å². The number of para-hydroxylation sites is 1. The Kier molecular flexibility index (Phi) is 6.60. The average molecular weight is 458 g/mol. The third-order valence-electron chi connectivity index (χ3n) is 6.52. The lowest BCUT2D eigenvalue weighted by atomic mass is 9.81. The zero-order valence-corrected chi connectivity index (χ0v) is 20.8. The molecule has 180 valence electrons. The van der Waals surface area contributed by atoms with Gasteiger partial charge in [0.05, 0.1) is 24.6 Å². The number of rotatable bonds is 7. The number of aromatic nitrogens is 2. The van der Waals surface area contributed by atoms with Crippen LogP contribution in [0.5, 0.6) is 0 Å². The van der Waals surface area contributed by atoms with E-state index in [4.69, 9.17) is 14.5 Å². The van der Waals surface area contributed by atoms with Crippen LogP contribution in [0.15, 0.2) is 29.1 Å². The smallest absolute Gasteiger partial charge is 0.339 e. The molecule has 1 aromatic carbocycles. The average Bonchev–Trinajstić information content (AvgIpc) is 3.47. The summed E-state index contributed by atoms with van der Waals surface area (Å²) in [6.45, 7) is 13.8. The minimum Gasteiger partial charge on any atom is -0.467 e. The van der Waals surface area contributed by atoms with Gasteiger partial charge >= 0.3 is 11.9 Å². The monoisotopic (exact) mass is 457 g/mol. The van der Waals surface area contributed by atoms with E-state index >= 15 is 0 Å². The SMILES string of the molecule is COC(=O)[C@@]1([C@@H](CC(C)C)OC(C)=O)CN1n1c(C(C)C(C)(C)C)nc2ccccc2c1=O. The van der Waals surface area contributed by atoms with Crippen LogP contribution in [0.4, 0.5) is 0 Å². The van der Waals surface area contributed by atoms with Gasteiger partial charge in [0.25, 0.3) is 5.56 Å². The lowest BCUT2D eigenvalue weighted by Gasteiger charge is -2.32. The van der Waals surface area contributed by atoms with Crippen molar-refractivity contribution in [3.05, 3.63) is 40.4 Å². The van der Waals surface area contributed by atoms with Crippen LogP contribution in [-0.4, -0.2) is 46.9 Å². The number of fused-ring (bicyclic) bond motifs is 1. The van der Waals surface area contributed by atoms with Gasteiger partial charge < -0.3 is 9.47 Å². The first-order valence-electron chi connectivity index (χ1n) is 11.4. The molecule has 3 atom stereocenters. The Bertz CT molecular complexity index is 1120. The minimum absolute atomic E-state index is 0.108. The molecule has 1 saturated heterocycles. The van der Waals surface area contributed by atoms with Crippen LogP contribution in [0.1, 0.15) is 66.6 Å². The molecule has 0 bridgehead atoms. The van der Waals surface area contributed by atoms with E-state index in [-0.39, 0.29) is 29.4 Å². The number of hydrogen-bond acceptors (Lipinski definition) is 7. The molecule has 33 heavy (non-hydrogen) atoms. The van der Waals surface area contributed by atoms with Crippen molar-refractivity contribution in [2.45, 2.75) is 72.4 Å². The molecule has 0 radical (unpaired) electrons. The first kappa shape index (κ1) is 24.7. The van der Waals surface area contributed by atoms with Gasteiger partial charge in [0.1, 0.15) is 11.9 Å². The molecule has 0 saturated carbocycles. The van der Waals surface area contributed by atoms with Crippen LogP contribution in [0.2, 0.25) is 0 Å². The van der Waals surface area contributed by atoms with E-state index in [0.29, 0.717) is 23.1 Å². The second-order valence-electron chi connectivity index (χ2n) is 10.4. The second-order valence-corrected chi connectivity index (χ2v) is 10.4. The van der Waals surface area contributed by atoms with Gasteiger partial charge in [-0.05, 0) is 29.9 Å². The van der Waals surface area contributed by atoms with Crippen LogP contribution in [-0.2, 0) is 19.1 Å². The predicted molar refractivity (Wildman–Crippen MR) is 127 cm³/mol. The van der Waals surface area contributed by atoms with Crippen molar-refractivity contribution in [2.75, 3.05) is 18.7 Å². The van der Waals surface area contributed by atoms with E-state index in [9.17, 15) is 14.4 Å². The van der Waals surface area contributed by atoms with Crippen LogP contribution in [0.3, 0.4) is 0 Å². The van der Waals surface area contributed by atoms with Crippen LogP contribution in [0, 0.1) is 11.3 Å². The zero-order valence-electron chi connectivity index (χ0n) is 20.8. The van der Waals surface area contributed by atoms with Crippen molar-refractivity contribution in [1.82, 2.24) is 9.66 Å². The van der Waals surface area contributed by atoms with Crippen molar-refractivity contribution in [3.63, 3.8) is 0 Å². The summed E-state index contributed by atoms with van der Waals surface area (Å²) in [5, 5.41) is 2.12. The summed E-state index contributed by atoms with van der Waals surface area (Å²) < 4.78 is 12.3. The summed E-state index contributed by atoms with van der Waals surface area (Å²) in [6, 6.07) is 7.18. The number of methoxy groups -OCH3 is 1. The lowest BCUT2D eigenvalue weighted by molar-refractivity contribution is -0.156. The molecule has 0 N–H and O–H groups in total. The second kappa shape index (κ2) is 8.80. The number of esters is 2. The van der Waals surface area contributed by atoms with E-state index in [2.05, 4.69) is 20.8 Å². The molecule has 2 aromatic rings. The predicted octanol–water partition coefficient (Wildman–Crippen LogP) is 3.39. The molecule has 1 aliphatic heterocycles. The summed E-state index contributed by atoms with van der Waals surface area (Å²) in [4.78, 5) is 43.7. The van der Waals surface area contributed by atoms with E-state index in [0.717, 1.165) is 0 Å². The van der Waals surface area contributed by atoms with E-state index in [1.807, 2.05) is 32.9 Å². The molecule has 3 rings (SSSR count). The highest BCUT2D eigenvalue weighted by Crippen LogP contribution is 2.42. The molecule has 1 unspecified atom stereocenters.